The van der Waals surface area contributed by atoms with Gasteiger partial charge in [-0.25, -0.2) is 0 Å². The summed E-state index contributed by atoms with van der Waals surface area (Å²) in [7, 11) is 3.98. The Balaban J connectivity index is 1.08. The molecule has 2 aliphatic carbocycles. The number of likely N-dealkylation sites (N-methyl/N-ethyl adjacent to an activating group) is 1. The number of rotatable bonds is 4. The highest BCUT2D eigenvalue weighted by molar-refractivity contribution is 5.95. The van der Waals surface area contributed by atoms with Crippen LogP contribution in [0.15, 0.2) is 42.5 Å². The number of methoxy groups -OCH3 is 1. The van der Waals surface area contributed by atoms with Crippen LogP contribution in [0, 0.1) is 12.8 Å². The highest BCUT2D eigenvalue weighted by atomic mass is 16.5. The van der Waals surface area contributed by atoms with Gasteiger partial charge in [0.2, 0.25) is 5.91 Å². The molecule has 3 aromatic rings. The summed E-state index contributed by atoms with van der Waals surface area (Å²) in [4.78, 5) is 36.8. The summed E-state index contributed by atoms with van der Waals surface area (Å²) >= 11 is 0. The highest BCUT2D eigenvalue weighted by Gasteiger charge is 2.65. The quantitative estimate of drug-likeness (QED) is 0.522. The second-order valence-corrected chi connectivity index (χ2v) is 12.8. The molecule has 4 heterocycles. The van der Waals surface area contributed by atoms with Crippen molar-refractivity contribution in [2.45, 2.75) is 50.2 Å². The fraction of sp³-hybridized carbons (Fsp3) is 0.471. The minimum Gasteiger partial charge on any atom is -0.493 e. The molecule has 8 rings (SSSR count). The third-order valence-electron chi connectivity index (χ3n) is 11.0. The fourth-order valence-electron chi connectivity index (χ4n) is 8.85. The van der Waals surface area contributed by atoms with Crippen molar-refractivity contribution in [1.29, 1.82) is 0 Å². The average Bonchev–Trinajstić information content (AvgIpc) is 3.53. The molecule has 2 fully saturated rings. The molecule has 2 saturated heterocycles. The average molecular weight is 567 g/mol. The van der Waals surface area contributed by atoms with E-state index in [1.807, 2.05) is 40.1 Å². The zero-order valence-corrected chi connectivity index (χ0v) is 24.6. The summed E-state index contributed by atoms with van der Waals surface area (Å²) in [6, 6.07) is 14.6. The van der Waals surface area contributed by atoms with Crippen molar-refractivity contribution in [3.8, 4) is 11.5 Å². The van der Waals surface area contributed by atoms with Gasteiger partial charge in [-0.05, 0) is 74.0 Å². The number of piperazine rings is 1. The van der Waals surface area contributed by atoms with Gasteiger partial charge in [-0.15, -0.1) is 0 Å². The lowest BCUT2D eigenvalue weighted by Crippen LogP contribution is -2.62. The van der Waals surface area contributed by atoms with Gasteiger partial charge in [0.05, 0.1) is 19.2 Å². The predicted octanol–water partition coefficient (Wildman–Crippen LogP) is 3.66. The Morgan fingerprint density at radius 1 is 1.02 bits per heavy atom. The number of nitrogens with one attached hydrogen (secondary N) is 1. The Bertz CT molecular complexity index is 1590. The van der Waals surface area contributed by atoms with Gasteiger partial charge in [-0.1, -0.05) is 36.4 Å². The van der Waals surface area contributed by atoms with E-state index in [4.69, 9.17) is 9.47 Å². The molecule has 2 aromatic carbocycles. The third-order valence-corrected chi connectivity index (χ3v) is 11.0. The van der Waals surface area contributed by atoms with Gasteiger partial charge < -0.3 is 29.2 Å². The number of likely N-dealkylation sites (tertiary alicyclic amines) is 1. The Morgan fingerprint density at radius 2 is 1.79 bits per heavy atom. The van der Waals surface area contributed by atoms with Crippen LogP contribution in [0.2, 0.25) is 0 Å². The minimum absolute atomic E-state index is 0.0198. The van der Waals surface area contributed by atoms with E-state index < -0.39 is 0 Å². The number of nitrogens with zero attached hydrogens (tertiary/aromatic N) is 3. The molecule has 2 bridgehead atoms. The number of carbonyl (C=O) groups excluding carboxylic acids is 2. The second-order valence-electron chi connectivity index (χ2n) is 12.8. The van der Waals surface area contributed by atoms with Gasteiger partial charge in [0.15, 0.2) is 11.5 Å². The number of aromatic nitrogens is 1. The number of aromatic amines is 1. The second kappa shape index (κ2) is 9.36. The van der Waals surface area contributed by atoms with E-state index in [0.717, 1.165) is 54.1 Å². The Morgan fingerprint density at radius 3 is 2.55 bits per heavy atom. The Labute approximate surface area is 246 Å². The first-order chi connectivity index (χ1) is 20.4. The maximum atomic E-state index is 14.0. The molecule has 3 aliphatic heterocycles. The van der Waals surface area contributed by atoms with Crippen LogP contribution in [0.1, 0.15) is 56.5 Å². The zero-order chi connectivity index (χ0) is 28.7. The molecule has 1 aromatic heterocycles. The van der Waals surface area contributed by atoms with Gasteiger partial charge in [0, 0.05) is 43.2 Å². The van der Waals surface area contributed by atoms with Crippen LogP contribution >= 0.6 is 0 Å². The van der Waals surface area contributed by atoms with Gasteiger partial charge in [-0.3, -0.25) is 9.59 Å². The normalized spacial score (nSPS) is 27.3. The van der Waals surface area contributed by atoms with Crippen LogP contribution in [-0.4, -0.2) is 84.4 Å². The van der Waals surface area contributed by atoms with E-state index in [1.54, 1.807) is 7.11 Å². The molecule has 42 heavy (non-hydrogen) atoms. The minimum atomic E-state index is -0.152. The molecule has 5 aliphatic rings. The molecule has 1 spiro atoms. The van der Waals surface area contributed by atoms with E-state index in [1.165, 1.54) is 16.7 Å². The van der Waals surface area contributed by atoms with Gasteiger partial charge >= 0.3 is 0 Å². The number of H-pyrrole nitrogens is 1. The van der Waals surface area contributed by atoms with E-state index in [9.17, 15) is 9.59 Å². The summed E-state index contributed by atoms with van der Waals surface area (Å²) in [5, 5.41) is 0. The number of piperidine rings is 1. The maximum absolute atomic E-state index is 14.0. The van der Waals surface area contributed by atoms with Gasteiger partial charge in [0.25, 0.3) is 5.91 Å². The monoisotopic (exact) mass is 566 g/mol. The largest absolute Gasteiger partial charge is 0.493 e. The molecule has 8 heteroatoms. The van der Waals surface area contributed by atoms with E-state index in [0.29, 0.717) is 50.3 Å². The number of fused-ring (bicyclic) bond motifs is 2. The molecule has 4 atom stereocenters. The number of amides is 2. The SMILES string of the molecule is COc1ccc2c3c1O[C@H]1c4[nH]c(C(=O)N5CCN(C(=O)Cc6ccccc6)CC5)c(C)c4CC4[C@H](C2)N(C)CC[C@@]341. The van der Waals surface area contributed by atoms with Crippen molar-refractivity contribution in [2.24, 2.45) is 5.92 Å². The van der Waals surface area contributed by atoms with Gasteiger partial charge in [-0.2, -0.15) is 0 Å². The zero-order valence-electron chi connectivity index (χ0n) is 24.6. The number of carbonyl (C=O) groups is 2. The fourth-order valence-corrected chi connectivity index (χ4v) is 8.85. The summed E-state index contributed by atoms with van der Waals surface area (Å²) in [6.07, 6.45) is 3.23. The molecule has 8 nitrogen and oxygen atoms in total. The third kappa shape index (κ3) is 3.50. The maximum Gasteiger partial charge on any atom is 0.270 e. The highest BCUT2D eigenvalue weighted by Crippen LogP contribution is 2.67. The predicted molar refractivity (Wildman–Crippen MR) is 158 cm³/mol. The van der Waals surface area contributed by atoms with Crippen LogP contribution in [0.25, 0.3) is 0 Å². The summed E-state index contributed by atoms with van der Waals surface area (Å²) in [6.45, 7) is 5.31. The number of ether oxygens (including phenoxy) is 2. The standard InChI is InChI=1S/C34H38N4O4/c1-20-23-19-24-25-18-22-9-10-26(41-3)31-28(22)34(24,11-12-36(25)2)32(42-31)30(23)35-29(20)33(40)38-15-13-37(14-16-38)27(39)17-21-7-5-4-6-8-21/h4-10,24-25,32,35H,11-19H2,1-3H3/t24?,25-,32-,34-/m0/s1. The summed E-state index contributed by atoms with van der Waals surface area (Å²) in [5.41, 5.74) is 7.68. The van der Waals surface area contributed by atoms with Crippen LogP contribution in [0.4, 0.5) is 0 Å². The summed E-state index contributed by atoms with van der Waals surface area (Å²) < 4.78 is 12.7. The Kier molecular flexibility index (Phi) is 5.77. The number of hydrogen-bond donors (Lipinski definition) is 1. The lowest BCUT2D eigenvalue weighted by Gasteiger charge is -2.57. The molecule has 218 valence electrons. The van der Waals surface area contributed by atoms with Crippen molar-refractivity contribution in [1.82, 2.24) is 19.7 Å². The molecule has 0 radical (unpaired) electrons. The number of hydrogen-bond acceptors (Lipinski definition) is 5. The van der Waals surface area contributed by atoms with Crippen molar-refractivity contribution in [3.05, 3.63) is 81.7 Å². The molecule has 1 N–H and O–H groups in total. The number of benzene rings is 2. The van der Waals surface area contributed by atoms with Crippen LogP contribution < -0.4 is 9.47 Å². The van der Waals surface area contributed by atoms with Gasteiger partial charge in [0.1, 0.15) is 11.8 Å². The molecule has 1 unspecified atom stereocenters. The summed E-state index contributed by atoms with van der Waals surface area (Å²) in [5.74, 6) is 2.26. The first-order valence-electron chi connectivity index (χ1n) is 15.3. The first-order valence-corrected chi connectivity index (χ1v) is 15.3. The first kappa shape index (κ1) is 25.9. The van der Waals surface area contributed by atoms with Crippen molar-refractivity contribution in [3.63, 3.8) is 0 Å². The molecular weight excluding hydrogens is 528 g/mol. The smallest absolute Gasteiger partial charge is 0.270 e. The molecule has 2 amide bonds. The molecular formula is C34H38N4O4. The lowest BCUT2D eigenvalue weighted by molar-refractivity contribution is -0.131. The van der Waals surface area contributed by atoms with Crippen molar-refractivity contribution in [2.75, 3.05) is 46.9 Å². The van der Waals surface area contributed by atoms with E-state index in [2.05, 4.69) is 36.0 Å². The Hall–Kier alpha value is -3.78. The molecule has 0 saturated carbocycles. The van der Waals surface area contributed by atoms with Crippen LogP contribution in [-0.2, 0) is 29.5 Å². The van der Waals surface area contributed by atoms with Crippen molar-refractivity contribution < 1.29 is 19.1 Å². The van der Waals surface area contributed by atoms with E-state index in [-0.39, 0.29) is 23.3 Å². The van der Waals surface area contributed by atoms with Crippen LogP contribution in [0.3, 0.4) is 0 Å². The topological polar surface area (TPSA) is 78.1 Å². The lowest BCUT2D eigenvalue weighted by atomic mass is 9.51. The van der Waals surface area contributed by atoms with E-state index >= 15 is 0 Å². The van der Waals surface area contributed by atoms with Crippen LogP contribution in [0.5, 0.6) is 11.5 Å². The van der Waals surface area contributed by atoms with Crippen molar-refractivity contribution >= 4 is 11.8 Å².